The molecule has 0 aliphatic heterocycles. The Hall–Kier alpha value is -4.33. The summed E-state index contributed by atoms with van der Waals surface area (Å²) in [6.45, 7) is 0. The van der Waals surface area contributed by atoms with Crippen LogP contribution >= 0.6 is 11.8 Å². The van der Waals surface area contributed by atoms with Gasteiger partial charge in [0.15, 0.2) is 17.1 Å². The molecule has 0 saturated heterocycles. The fourth-order valence-corrected chi connectivity index (χ4v) is 7.19. The number of aromatic hydroxyl groups is 1. The number of hydrogen-bond acceptors (Lipinski definition) is 11. The number of ketones is 2. The van der Waals surface area contributed by atoms with Crippen LogP contribution in [0.25, 0.3) is 0 Å². The number of Topliss-reactive ketones (excluding diaryl/α,β-unsaturated/α-hetero) is 2. The Labute approximate surface area is 251 Å². The van der Waals surface area contributed by atoms with Crippen molar-refractivity contribution in [1.82, 2.24) is 4.90 Å². The molecule has 13 heteroatoms. The molecule has 3 aliphatic rings. The number of allylic oxidation sites excluding steroid dienone is 1. The monoisotopic (exact) mass is 608 g/mol. The van der Waals surface area contributed by atoms with Gasteiger partial charge in [0.25, 0.3) is 11.1 Å². The molecule has 0 fully saturated rings. The molecule has 2 aromatic carbocycles. The predicted octanol–water partition coefficient (Wildman–Crippen LogP) is 2.51. The Bertz CT molecular complexity index is 1630. The minimum Gasteiger partial charge on any atom is -0.510 e. The largest absolute Gasteiger partial charge is 0.510 e. The average molecular weight is 609 g/mol. The fraction of sp³-hybridized carbons (Fsp3) is 0.333. The number of nitrogens with two attached hydrogens (primary N) is 1. The van der Waals surface area contributed by atoms with Gasteiger partial charge in [-0.2, -0.15) is 0 Å². The van der Waals surface area contributed by atoms with Crippen LogP contribution in [0.5, 0.6) is 5.75 Å². The second-order valence-electron chi connectivity index (χ2n) is 11.3. The minimum absolute atomic E-state index is 0.0222. The number of amides is 2. The summed E-state index contributed by atoms with van der Waals surface area (Å²) in [6, 6.07) is 9.32. The van der Waals surface area contributed by atoms with Gasteiger partial charge in [0.2, 0.25) is 5.78 Å². The molecule has 4 atom stereocenters. The number of phenolic OH excluding ortho intramolecular Hbond substituents is 1. The van der Waals surface area contributed by atoms with Crippen molar-refractivity contribution >= 4 is 45.8 Å². The molecule has 0 heterocycles. The zero-order chi connectivity index (χ0) is 31.5. The lowest BCUT2D eigenvalue weighted by Crippen LogP contribution is -2.63. The normalized spacial score (nSPS) is 24.8. The highest BCUT2D eigenvalue weighted by molar-refractivity contribution is 8.13. The highest BCUT2D eigenvalue weighted by Gasteiger charge is 2.63. The Morgan fingerprint density at radius 2 is 1.72 bits per heavy atom. The van der Waals surface area contributed by atoms with Gasteiger partial charge in [0.05, 0.1) is 17.3 Å². The quantitative estimate of drug-likeness (QED) is 0.166. The number of aliphatic hydroxyl groups is 3. The zero-order valence-electron chi connectivity index (χ0n) is 23.9. The molecule has 0 bridgehead atoms. The third-order valence-corrected chi connectivity index (χ3v) is 9.17. The van der Waals surface area contributed by atoms with Gasteiger partial charge < -0.3 is 36.4 Å². The zero-order valence-corrected chi connectivity index (χ0v) is 24.7. The first-order valence-corrected chi connectivity index (χ1v) is 14.3. The maximum absolute atomic E-state index is 14.1. The molecule has 12 nitrogen and oxygen atoms in total. The number of rotatable bonds is 5. The van der Waals surface area contributed by atoms with Crippen LogP contribution in [0.15, 0.2) is 64.0 Å². The topological polar surface area (TPSA) is 194 Å². The predicted molar refractivity (Wildman–Crippen MR) is 159 cm³/mol. The van der Waals surface area contributed by atoms with Crippen LogP contribution in [0, 0.1) is 11.8 Å². The maximum atomic E-state index is 14.1. The molecule has 0 aromatic heterocycles. The summed E-state index contributed by atoms with van der Waals surface area (Å²) in [5, 5.41) is 47.6. The number of carbonyl (C=O) groups is 4. The molecular formula is C30H32N4O8S. The summed E-state index contributed by atoms with van der Waals surface area (Å²) in [4.78, 5) is 56.5. The molecule has 5 rings (SSSR count). The first kappa shape index (κ1) is 30.1. The highest BCUT2D eigenvalue weighted by atomic mass is 32.2. The number of fused-ring (bicyclic) bond motifs is 3. The number of carbonyl (C=O) groups excluding carboxylic acids is 4. The summed E-state index contributed by atoms with van der Waals surface area (Å²) in [5.74, 6) is -7.37. The van der Waals surface area contributed by atoms with E-state index in [0.717, 1.165) is 11.8 Å². The van der Waals surface area contributed by atoms with Gasteiger partial charge in [-0.15, -0.1) is 0 Å². The van der Waals surface area contributed by atoms with Gasteiger partial charge in [-0.3, -0.25) is 24.1 Å². The number of phenols is 1. The lowest BCUT2D eigenvalue weighted by Gasteiger charge is -2.50. The Kier molecular flexibility index (Phi) is 7.53. The third kappa shape index (κ3) is 4.64. The molecule has 0 radical (unpaired) electrons. The number of anilines is 2. The van der Waals surface area contributed by atoms with Gasteiger partial charge in [0.1, 0.15) is 17.1 Å². The molecule has 0 unspecified atom stereocenters. The Morgan fingerprint density at radius 3 is 2.30 bits per heavy atom. The number of aliphatic hydroxyl groups excluding tert-OH is 2. The lowest BCUT2D eigenvalue weighted by molar-refractivity contribution is -0.148. The van der Waals surface area contributed by atoms with E-state index < -0.39 is 69.0 Å². The highest BCUT2D eigenvalue weighted by Crippen LogP contribution is 2.54. The molecule has 7 N–H and O–H groups in total. The number of likely N-dealkylation sites (N-methyl/N-ethyl adjacent to an activating group) is 1. The number of nitrogens with zero attached hydrogens (tertiary/aromatic N) is 2. The second-order valence-corrected chi connectivity index (χ2v) is 12.4. The summed E-state index contributed by atoms with van der Waals surface area (Å²) >= 11 is 0.889. The van der Waals surface area contributed by atoms with Crippen LogP contribution in [0.4, 0.5) is 16.2 Å². The maximum Gasteiger partial charge on any atom is 0.288 e. The van der Waals surface area contributed by atoms with Crippen LogP contribution in [0.2, 0.25) is 0 Å². The first-order chi connectivity index (χ1) is 20.2. The molecule has 0 spiro atoms. The van der Waals surface area contributed by atoms with E-state index in [4.69, 9.17) is 5.73 Å². The molecule has 43 heavy (non-hydrogen) atoms. The fourth-order valence-electron chi connectivity index (χ4n) is 6.52. The van der Waals surface area contributed by atoms with Crippen molar-refractivity contribution < 1.29 is 39.6 Å². The molecular weight excluding hydrogens is 576 g/mol. The Balaban J connectivity index is 1.63. The summed E-state index contributed by atoms with van der Waals surface area (Å²) in [5.41, 5.74) is 2.26. The molecule has 2 aromatic rings. The van der Waals surface area contributed by atoms with E-state index in [9.17, 15) is 39.6 Å². The van der Waals surface area contributed by atoms with Crippen molar-refractivity contribution in [2.75, 3.05) is 38.4 Å². The number of nitrogens with one attached hydrogen (secondary N) is 1. The van der Waals surface area contributed by atoms with Gasteiger partial charge in [0, 0.05) is 36.2 Å². The molecule has 0 saturated carbocycles. The van der Waals surface area contributed by atoms with E-state index in [1.54, 1.807) is 63.4 Å². The summed E-state index contributed by atoms with van der Waals surface area (Å²) < 4.78 is 0. The van der Waals surface area contributed by atoms with Crippen molar-refractivity contribution in [2.45, 2.75) is 29.4 Å². The number of benzene rings is 2. The van der Waals surface area contributed by atoms with Crippen LogP contribution in [0.3, 0.4) is 0 Å². The van der Waals surface area contributed by atoms with Crippen LogP contribution in [0.1, 0.15) is 22.3 Å². The van der Waals surface area contributed by atoms with E-state index in [0.29, 0.717) is 16.1 Å². The van der Waals surface area contributed by atoms with Gasteiger partial charge in [-0.1, -0.05) is 18.2 Å². The Morgan fingerprint density at radius 1 is 1.07 bits per heavy atom. The lowest BCUT2D eigenvalue weighted by atomic mass is 9.58. The minimum atomic E-state index is -2.73. The van der Waals surface area contributed by atoms with Crippen molar-refractivity contribution in [1.29, 1.82) is 0 Å². The van der Waals surface area contributed by atoms with E-state index in [-0.39, 0.29) is 29.7 Å². The van der Waals surface area contributed by atoms with Crippen molar-refractivity contribution in [3.63, 3.8) is 0 Å². The van der Waals surface area contributed by atoms with Crippen LogP contribution in [-0.2, 0) is 16.0 Å². The third-order valence-electron chi connectivity index (χ3n) is 8.37. The van der Waals surface area contributed by atoms with Gasteiger partial charge in [-0.05, 0) is 68.4 Å². The van der Waals surface area contributed by atoms with Crippen LogP contribution < -0.4 is 16.0 Å². The standard InChI is InChI=1S/C30H32N4O8S/c1-33(2)18-12-17(32-29(41)43-14-8-6-5-7-9-14)23(35)20-15(18)10-13-11-16-22(34(3)4)25(37)21(28(31)40)27(39)30(16,42)26(38)19(13)24(20)36/h5-9,12-13,16,22,35,37-38,42H,10-11H2,1-4H3,(H2,31,40)(H,32,41)/t13-,16-,22-,30-/m0/s1. The van der Waals surface area contributed by atoms with E-state index in [1.165, 1.54) is 4.90 Å². The average Bonchev–Trinajstić information content (AvgIpc) is 2.92. The molecule has 2 amide bonds. The number of primary amides is 1. The van der Waals surface area contributed by atoms with Crippen molar-refractivity contribution in [2.24, 2.45) is 17.6 Å². The van der Waals surface area contributed by atoms with E-state index >= 15 is 0 Å². The van der Waals surface area contributed by atoms with Crippen LogP contribution in [-0.4, -0.2) is 87.9 Å². The van der Waals surface area contributed by atoms with E-state index in [2.05, 4.69) is 5.32 Å². The van der Waals surface area contributed by atoms with Gasteiger partial charge >= 0.3 is 0 Å². The number of thioether (sulfide) groups is 1. The van der Waals surface area contributed by atoms with Crippen molar-refractivity contribution in [3.8, 4) is 5.75 Å². The summed E-state index contributed by atoms with van der Waals surface area (Å²) in [7, 11) is 6.61. The molecule has 226 valence electrons. The molecule has 3 aliphatic carbocycles. The van der Waals surface area contributed by atoms with Gasteiger partial charge in [-0.25, -0.2) is 0 Å². The smallest absolute Gasteiger partial charge is 0.288 e. The van der Waals surface area contributed by atoms with Crippen molar-refractivity contribution in [3.05, 3.63) is 70.2 Å². The first-order valence-electron chi connectivity index (χ1n) is 13.4. The van der Waals surface area contributed by atoms with E-state index in [1.807, 2.05) is 6.07 Å². The second kappa shape index (κ2) is 10.7. The SMILES string of the molecule is CN(C)c1cc(NC(=O)Sc2ccccc2)c(O)c2c1C[C@H]1C[C@H]3[C@H](N(C)C)C(O)=C(C(N)=O)C(=O)[C@@]3(O)C(O)=C1C2=O. The summed E-state index contributed by atoms with van der Waals surface area (Å²) in [6.07, 6.45) is 0.105. The number of hydrogen-bond donors (Lipinski definition) is 6.